The minimum atomic E-state index is -1.15. The van der Waals surface area contributed by atoms with Gasteiger partial charge in [-0.25, -0.2) is 19.4 Å². The number of hydrazine groups is 1. The molecule has 15 heteroatoms. The standard InChI is InChI=1S/C35H39ClF2N8O4/c1-21-27(17-39)41-20-42-31(21)24-16-23(36)7-8-26(24)40-18-25-32(43-48)33(35(2,3)4)44(5)46(34(25)47)19-22-6-9-28(30(38)29(22)37)50-15-12-45-10-13-49-14-11-45/h6-9,16,20,33,40H,10-15,18-19H2,1-5H3. The highest BCUT2D eigenvalue weighted by Crippen LogP contribution is 2.38. The number of benzene rings is 2. The van der Waals surface area contributed by atoms with Crippen molar-refractivity contribution >= 4 is 23.2 Å². The molecule has 12 nitrogen and oxygen atoms in total. The number of nitroso groups, excluding NO2 is 1. The molecule has 0 aliphatic carbocycles. The lowest BCUT2D eigenvalue weighted by molar-refractivity contribution is -0.154. The maximum atomic E-state index is 15.5. The summed E-state index contributed by atoms with van der Waals surface area (Å²) < 4.78 is 41.7. The Balaban J connectivity index is 1.42. The summed E-state index contributed by atoms with van der Waals surface area (Å²) in [6.07, 6.45) is 1.28. The molecule has 1 saturated heterocycles. The van der Waals surface area contributed by atoms with E-state index in [-0.39, 0.29) is 48.0 Å². The van der Waals surface area contributed by atoms with Crippen LogP contribution in [0.15, 0.2) is 53.1 Å². The fourth-order valence-electron chi connectivity index (χ4n) is 6.28. The van der Waals surface area contributed by atoms with Gasteiger partial charge in [-0.1, -0.05) is 38.4 Å². The average molecular weight is 709 g/mol. The van der Waals surface area contributed by atoms with Crippen molar-refractivity contribution in [3.8, 4) is 23.1 Å². The molecule has 264 valence electrons. The molecule has 1 N–H and O–H groups in total. The summed E-state index contributed by atoms with van der Waals surface area (Å²) in [7, 11) is 1.61. The predicted molar refractivity (Wildman–Crippen MR) is 184 cm³/mol. The van der Waals surface area contributed by atoms with E-state index < -0.39 is 29.0 Å². The number of carbonyl (C=O) groups excluding carboxylic acids is 1. The molecule has 3 heterocycles. The van der Waals surface area contributed by atoms with E-state index in [2.05, 4.69) is 25.4 Å². The molecule has 1 atom stereocenters. The number of amides is 1. The second kappa shape index (κ2) is 15.6. The maximum Gasteiger partial charge on any atom is 0.268 e. The number of rotatable bonds is 11. The van der Waals surface area contributed by atoms with Gasteiger partial charge in [-0.2, -0.15) is 9.65 Å². The Kier molecular flexibility index (Phi) is 11.4. The van der Waals surface area contributed by atoms with Crippen LogP contribution in [0, 0.1) is 40.2 Å². The van der Waals surface area contributed by atoms with Crippen LogP contribution in [0.25, 0.3) is 11.3 Å². The zero-order valence-electron chi connectivity index (χ0n) is 28.6. The van der Waals surface area contributed by atoms with Gasteiger partial charge in [0.2, 0.25) is 5.82 Å². The van der Waals surface area contributed by atoms with Crippen molar-refractivity contribution in [2.45, 2.75) is 40.3 Å². The summed E-state index contributed by atoms with van der Waals surface area (Å²) >= 11 is 6.34. The van der Waals surface area contributed by atoms with Gasteiger partial charge in [0.25, 0.3) is 5.91 Å². The van der Waals surface area contributed by atoms with Crippen molar-refractivity contribution in [2.24, 2.45) is 10.6 Å². The Morgan fingerprint density at radius 1 is 1.16 bits per heavy atom. The Labute approximate surface area is 294 Å². The first-order chi connectivity index (χ1) is 23.8. The largest absolute Gasteiger partial charge is 0.489 e. The van der Waals surface area contributed by atoms with Crippen LogP contribution >= 0.6 is 11.6 Å². The first kappa shape index (κ1) is 36.7. The number of hydrogen-bond donors (Lipinski definition) is 1. The number of nitrogens with zero attached hydrogens (tertiary/aromatic N) is 7. The minimum Gasteiger partial charge on any atom is -0.489 e. The van der Waals surface area contributed by atoms with E-state index in [1.54, 1.807) is 37.2 Å². The van der Waals surface area contributed by atoms with Crippen molar-refractivity contribution in [2.75, 3.05) is 58.4 Å². The molecule has 0 bridgehead atoms. The molecule has 2 aliphatic heterocycles. The number of nitrogens with one attached hydrogen (secondary N) is 1. The highest BCUT2D eigenvalue weighted by Gasteiger charge is 2.44. The van der Waals surface area contributed by atoms with Gasteiger partial charge in [0.1, 0.15) is 30.4 Å². The number of ether oxygens (including phenoxy) is 2. The van der Waals surface area contributed by atoms with Crippen LogP contribution in [-0.2, 0) is 16.1 Å². The average Bonchev–Trinajstić information content (AvgIpc) is 3.09. The van der Waals surface area contributed by atoms with Crippen molar-refractivity contribution < 1.29 is 23.0 Å². The maximum absolute atomic E-state index is 15.5. The molecular weight excluding hydrogens is 670 g/mol. The van der Waals surface area contributed by atoms with E-state index in [1.807, 2.05) is 26.8 Å². The van der Waals surface area contributed by atoms with Gasteiger partial charge >= 0.3 is 0 Å². The number of likely N-dealkylation sites (N-methyl/N-ethyl adjacent to an activating group) is 1. The van der Waals surface area contributed by atoms with Gasteiger partial charge in [-0.3, -0.25) is 14.7 Å². The predicted octanol–water partition coefficient (Wildman–Crippen LogP) is 5.70. The molecule has 3 aromatic rings. The summed E-state index contributed by atoms with van der Waals surface area (Å²) in [4.78, 5) is 37.1. The summed E-state index contributed by atoms with van der Waals surface area (Å²) in [5.74, 6) is -3.11. The number of carbonyl (C=O) groups is 1. The van der Waals surface area contributed by atoms with E-state index >= 15 is 8.78 Å². The lowest BCUT2D eigenvalue weighted by Crippen LogP contribution is -2.58. The first-order valence-corrected chi connectivity index (χ1v) is 16.5. The fraction of sp³-hybridized carbons (Fsp3) is 0.429. The number of halogens is 3. The first-order valence-electron chi connectivity index (χ1n) is 16.1. The molecule has 50 heavy (non-hydrogen) atoms. The smallest absolute Gasteiger partial charge is 0.268 e. The van der Waals surface area contributed by atoms with Crippen LogP contribution in [0.2, 0.25) is 5.02 Å². The highest BCUT2D eigenvalue weighted by molar-refractivity contribution is 6.31. The molecule has 2 aromatic carbocycles. The van der Waals surface area contributed by atoms with Crippen molar-refractivity contribution in [1.82, 2.24) is 24.9 Å². The van der Waals surface area contributed by atoms with Crippen LogP contribution in [-0.4, -0.2) is 89.9 Å². The van der Waals surface area contributed by atoms with Crippen LogP contribution in [0.4, 0.5) is 14.5 Å². The normalized spacial score (nSPS) is 17.5. The van der Waals surface area contributed by atoms with E-state index in [9.17, 15) is 15.0 Å². The minimum absolute atomic E-state index is 0.0184. The zero-order valence-corrected chi connectivity index (χ0v) is 29.4. The van der Waals surface area contributed by atoms with E-state index in [1.165, 1.54) is 23.5 Å². The molecule has 0 saturated carbocycles. The summed E-state index contributed by atoms with van der Waals surface area (Å²) in [5, 5.41) is 19.3. The monoisotopic (exact) mass is 708 g/mol. The van der Waals surface area contributed by atoms with Crippen molar-refractivity contribution in [1.29, 1.82) is 5.26 Å². The summed E-state index contributed by atoms with van der Waals surface area (Å²) in [5.41, 5.74) is 1.64. The van der Waals surface area contributed by atoms with E-state index in [0.29, 0.717) is 47.3 Å². The third-order valence-electron chi connectivity index (χ3n) is 8.83. The number of aromatic nitrogens is 2. The topological polar surface area (TPSA) is 136 Å². The van der Waals surface area contributed by atoms with Crippen molar-refractivity contribution in [3.05, 3.63) is 86.3 Å². The van der Waals surface area contributed by atoms with Crippen LogP contribution in [0.3, 0.4) is 0 Å². The van der Waals surface area contributed by atoms with Crippen molar-refractivity contribution in [3.63, 3.8) is 0 Å². The summed E-state index contributed by atoms with van der Waals surface area (Å²) in [6, 6.07) is 9.11. The van der Waals surface area contributed by atoms with Crippen LogP contribution in [0.1, 0.15) is 37.6 Å². The van der Waals surface area contributed by atoms with Crippen LogP contribution < -0.4 is 10.1 Å². The molecule has 5 rings (SSSR count). The number of nitriles is 1. The fourth-order valence-corrected chi connectivity index (χ4v) is 6.45. The lowest BCUT2D eigenvalue weighted by Gasteiger charge is -2.47. The molecule has 1 unspecified atom stereocenters. The van der Waals surface area contributed by atoms with Gasteiger partial charge in [0.15, 0.2) is 11.6 Å². The molecule has 0 radical (unpaired) electrons. The van der Waals surface area contributed by atoms with Gasteiger partial charge in [0, 0.05) is 60.6 Å². The molecule has 1 fully saturated rings. The lowest BCUT2D eigenvalue weighted by atomic mass is 9.81. The number of anilines is 1. The Bertz CT molecular complexity index is 1840. The number of hydrogen-bond acceptors (Lipinski definition) is 11. The van der Waals surface area contributed by atoms with Gasteiger partial charge < -0.3 is 14.8 Å². The van der Waals surface area contributed by atoms with Crippen LogP contribution in [0.5, 0.6) is 5.75 Å². The molecular formula is C35H39ClF2N8O4. The van der Waals surface area contributed by atoms with Gasteiger partial charge in [-0.15, -0.1) is 4.91 Å². The highest BCUT2D eigenvalue weighted by atomic mass is 35.5. The molecule has 1 amide bonds. The Morgan fingerprint density at radius 3 is 2.58 bits per heavy atom. The summed E-state index contributed by atoms with van der Waals surface area (Å²) in [6.45, 7) is 10.4. The quantitative estimate of drug-likeness (QED) is 0.247. The third-order valence-corrected chi connectivity index (χ3v) is 9.07. The Hall–Kier alpha value is -4.55. The van der Waals surface area contributed by atoms with E-state index in [4.69, 9.17) is 21.1 Å². The molecule has 1 aromatic heterocycles. The Morgan fingerprint density at radius 2 is 1.90 bits per heavy atom. The van der Waals surface area contributed by atoms with E-state index in [0.717, 1.165) is 13.1 Å². The molecule has 0 spiro atoms. The second-order valence-electron chi connectivity index (χ2n) is 13.2. The molecule has 2 aliphatic rings. The SMILES string of the molecule is Cc1c(C#N)ncnc1-c1cc(Cl)ccc1NCC1=C(N=O)C(C(C)(C)C)N(C)N(Cc2ccc(OCCN3CCOCC3)c(F)c2F)C1=O. The zero-order chi connectivity index (χ0) is 36.2. The number of morpholine rings is 1. The van der Waals surface area contributed by atoms with Gasteiger partial charge in [-0.05, 0) is 41.8 Å². The second-order valence-corrected chi connectivity index (χ2v) is 13.6. The van der Waals surface area contributed by atoms with Gasteiger partial charge in [0.05, 0.1) is 37.1 Å². The third kappa shape index (κ3) is 7.76.